The van der Waals surface area contributed by atoms with Gasteiger partial charge in [0.2, 0.25) is 5.95 Å². The Labute approximate surface area is 191 Å². The van der Waals surface area contributed by atoms with E-state index in [-0.39, 0.29) is 11.6 Å². The predicted molar refractivity (Wildman–Crippen MR) is 124 cm³/mol. The third kappa shape index (κ3) is 5.37. The first kappa shape index (κ1) is 22.5. The van der Waals surface area contributed by atoms with E-state index in [1.165, 1.54) is 29.8 Å². The van der Waals surface area contributed by atoms with Crippen LogP contribution in [0.15, 0.2) is 53.7 Å². The lowest BCUT2D eigenvalue weighted by molar-refractivity contribution is 0.0982. The van der Waals surface area contributed by atoms with Gasteiger partial charge in [0.25, 0.3) is 0 Å². The smallest absolute Gasteiger partial charge is 0.232 e. The highest BCUT2D eigenvalue weighted by atomic mass is 32.2. The summed E-state index contributed by atoms with van der Waals surface area (Å²) in [6.07, 6.45) is 2.07. The fraction of sp³-hybridized carbons (Fsp3) is 0.375. The summed E-state index contributed by atoms with van der Waals surface area (Å²) in [5.74, 6) is 1.25. The molecular weight excluding hydrogens is 427 g/mol. The van der Waals surface area contributed by atoms with Crippen LogP contribution in [0.1, 0.15) is 35.7 Å². The van der Waals surface area contributed by atoms with Crippen LogP contribution in [-0.4, -0.2) is 52.6 Å². The van der Waals surface area contributed by atoms with E-state index in [9.17, 15) is 9.18 Å². The van der Waals surface area contributed by atoms with E-state index in [0.29, 0.717) is 31.6 Å². The molecule has 0 saturated carbocycles. The molecule has 0 bridgehead atoms. The SMILES string of the molecule is CCc1cccc(-n2c(SCCCC(=O)c3ccc(F)cc3)nnc2N2CCOCC2)c1. The minimum Gasteiger partial charge on any atom is -0.378 e. The molecule has 0 atom stereocenters. The lowest BCUT2D eigenvalue weighted by Crippen LogP contribution is -2.37. The summed E-state index contributed by atoms with van der Waals surface area (Å²) >= 11 is 1.60. The van der Waals surface area contributed by atoms with E-state index in [1.54, 1.807) is 11.8 Å². The van der Waals surface area contributed by atoms with Gasteiger partial charge in [0.15, 0.2) is 10.9 Å². The molecule has 6 nitrogen and oxygen atoms in total. The number of hydrogen-bond acceptors (Lipinski definition) is 6. The van der Waals surface area contributed by atoms with Crippen molar-refractivity contribution in [3.05, 3.63) is 65.5 Å². The Bertz CT molecular complexity index is 1050. The number of rotatable bonds is 9. The fourth-order valence-electron chi connectivity index (χ4n) is 3.64. The molecule has 1 aliphatic rings. The minimum absolute atomic E-state index is 0.0247. The van der Waals surface area contributed by atoms with Gasteiger partial charge < -0.3 is 9.64 Å². The molecule has 8 heteroatoms. The molecule has 32 heavy (non-hydrogen) atoms. The summed E-state index contributed by atoms with van der Waals surface area (Å²) in [5.41, 5.74) is 2.84. The zero-order valence-electron chi connectivity index (χ0n) is 18.2. The van der Waals surface area contributed by atoms with Crippen LogP contribution in [0.2, 0.25) is 0 Å². The molecule has 3 aromatic rings. The van der Waals surface area contributed by atoms with Crippen molar-refractivity contribution in [2.24, 2.45) is 0 Å². The van der Waals surface area contributed by atoms with E-state index >= 15 is 0 Å². The molecule has 1 aliphatic heterocycles. The highest BCUT2D eigenvalue weighted by molar-refractivity contribution is 7.99. The monoisotopic (exact) mass is 454 g/mol. The molecule has 0 radical (unpaired) electrons. The molecule has 0 spiro atoms. The minimum atomic E-state index is -0.334. The molecular formula is C24H27FN4O2S. The third-order valence-electron chi connectivity index (χ3n) is 5.43. The zero-order chi connectivity index (χ0) is 22.3. The largest absolute Gasteiger partial charge is 0.378 e. The number of morpholine rings is 1. The van der Waals surface area contributed by atoms with Crippen LogP contribution < -0.4 is 4.90 Å². The van der Waals surface area contributed by atoms with Gasteiger partial charge in [-0.25, -0.2) is 4.39 Å². The van der Waals surface area contributed by atoms with Crippen LogP contribution in [-0.2, 0) is 11.2 Å². The number of anilines is 1. The van der Waals surface area contributed by atoms with Gasteiger partial charge >= 0.3 is 0 Å². The van der Waals surface area contributed by atoms with Crippen molar-refractivity contribution >= 4 is 23.5 Å². The highest BCUT2D eigenvalue weighted by Gasteiger charge is 2.22. The van der Waals surface area contributed by atoms with Crippen molar-refractivity contribution in [3.8, 4) is 5.69 Å². The van der Waals surface area contributed by atoms with E-state index < -0.39 is 0 Å². The van der Waals surface area contributed by atoms with E-state index in [0.717, 1.165) is 42.1 Å². The normalized spacial score (nSPS) is 14.0. The van der Waals surface area contributed by atoms with Gasteiger partial charge in [0.1, 0.15) is 5.82 Å². The maximum atomic E-state index is 13.1. The number of ether oxygens (including phenoxy) is 1. The quantitative estimate of drug-likeness (QED) is 0.268. The molecule has 0 aliphatic carbocycles. The molecule has 4 rings (SSSR count). The number of halogens is 1. The topological polar surface area (TPSA) is 60.2 Å². The van der Waals surface area contributed by atoms with Crippen LogP contribution in [0.4, 0.5) is 10.3 Å². The van der Waals surface area contributed by atoms with Crippen LogP contribution >= 0.6 is 11.8 Å². The highest BCUT2D eigenvalue weighted by Crippen LogP contribution is 2.28. The zero-order valence-corrected chi connectivity index (χ0v) is 19.0. The number of aromatic nitrogens is 3. The number of aryl methyl sites for hydroxylation is 1. The summed E-state index contributed by atoms with van der Waals surface area (Å²) in [4.78, 5) is 14.6. The lowest BCUT2D eigenvalue weighted by atomic mass is 10.1. The van der Waals surface area contributed by atoms with Gasteiger partial charge in [-0.1, -0.05) is 30.8 Å². The Morgan fingerprint density at radius 1 is 1.12 bits per heavy atom. The number of carbonyl (C=O) groups is 1. The van der Waals surface area contributed by atoms with Gasteiger partial charge in [-0.15, -0.1) is 10.2 Å². The molecule has 2 heterocycles. The number of hydrogen-bond donors (Lipinski definition) is 0. The predicted octanol–water partition coefficient (Wildman–Crippen LogP) is 4.56. The molecule has 2 aromatic carbocycles. The van der Waals surface area contributed by atoms with Gasteiger partial charge in [0.05, 0.1) is 18.9 Å². The summed E-state index contributed by atoms with van der Waals surface area (Å²) in [7, 11) is 0. The summed E-state index contributed by atoms with van der Waals surface area (Å²) < 4.78 is 20.7. The second-order valence-electron chi connectivity index (χ2n) is 7.62. The molecule has 0 unspecified atom stereocenters. The number of benzene rings is 2. The average molecular weight is 455 g/mol. The first-order valence-electron chi connectivity index (χ1n) is 10.9. The second-order valence-corrected chi connectivity index (χ2v) is 8.69. The summed E-state index contributed by atoms with van der Waals surface area (Å²) in [6, 6.07) is 14.2. The lowest BCUT2D eigenvalue weighted by Gasteiger charge is -2.28. The Kier molecular flexibility index (Phi) is 7.55. The molecule has 1 fully saturated rings. The van der Waals surface area contributed by atoms with Gasteiger partial charge in [-0.3, -0.25) is 9.36 Å². The average Bonchev–Trinajstić information content (AvgIpc) is 3.26. The van der Waals surface area contributed by atoms with Crippen LogP contribution in [0.3, 0.4) is 0 Å². The summed E-state index contributed by atoms with van der Waals surface area (Å²) in [5, 5.41) is 9.79. The molecule has 0 amide bonds. The molecule has 0 N–H and O–H groups in total. The molecule has 1 saturated heterocycles. The first-order chi connectivity index (χ1) is 15.7. The maximum absolute atomic E-state index is 13.1. The Hall–Kier alpha value is -2.71. The number of nitrogens with zero attached hydrogens (tertiary/aromatic N) is 4. The summed E-state index contributed by atoms with van der Waals surface area (Å²) in [6.45, 7) is 5.05. The van der Waals surface area contributed by atoms with Crippen molar-refractivity contribution in [1.82, 2.24) is 14.8 Å². The van der Waals surface area contributed by atoms with Crippen LogP contribution in [0, 0.1) is 5.82 Å². The van der Waals surface area contributed by atoms with Crippen LogP contribution in [0.25, 0.3) is 5.69 Å². The van der Waals surface area contributed by atoms with E-state index in [1.807, 2.05) is 0 Å². The van der Waals surface area contributed by atoms with Crippen molar-refractivity contribution < 1.29 is 13.9 Å². The van der Waals surface area contributed by atoms with Crippen molar-refractivity contribution in [2.45, 2.75) is 31.3 Å². The van der Waals surface area contributed by atoms with Gasteiger partial charge in [-0.05, 0) is 54.8 Å². The third-order valence-corrected chi connectivity index (χ3v) is 6.45. The Morgan fingerprint density at radius 2 is 1.91 bits per heavy atom. The molecule has 168 valence electrons. The standard InChI is InChI=1S/C24H27FN4O2S/c1-2-18-5-3-6-21(17-18)29-23(28-12-14-31-15-13-28)26-27-24(29)32-16-4-7-22(30)19-8-10-20(25)11-9-19/h3,5-6,8-11,17H,2,4,7,12-16H2,1H3. The van der Waals surface area contributed by atoms with Gasteiger partial charge in [-0.2, -0.15) is 0 Å². The number of carbonyl (C=O) groups excluding carboxylic acids is 1. The Morgan fingerprint density at radius 3 is 2.66 bits per heavy atom. The van der Waals surface area contributed by atoms with Crippen molar-refractivity contribution in [1.29, 1.82) is 0 Å². The number of Topliss-reactive ketones (excluding diaryl/α,β-unsaturated/α-hetero) is 1. The molecule has 1 aromatic heterocycles. The van der Waals surface area contributed by atoms with Crippen molar-refractivity contribution in [2.75, 3.05) is 37.0 Å². The van der Waals surface area contributed by atoms with Crippen molar-refractivity contribution in [3.63, 3.8) is 0 Å². The number of ketones is 1. The van der Waals surface area contributed by atoms with Gasteiger partial charge in [0, 0.05) is 30.8 Å². The second kappa shape index (κ2) is 10.7. The maximum Gasteiger partial charge on any atom is 0.232 e. The van der Waals surface area contributed by atoms with E-state index in [4.69, 9.17) is 4.74 Å². The number of thioether (sulfide) groups is 1. The van der Waals surface area contributed by atoms with Crippen LogP contribution in [0.5, 0.6) is 0 Å². The first-order valence-corrected chi connectivity index (χ1v) is 11.9. The fourth-order valence-corrected chi connectivity index (χ4v) is 4.53. The van der Waals surface area contributed by atoms with E-state index in [2.05, 4.69) is 50.9 Å². The Balaban J connectivity index is 1.47.